The van der Waals surface area contributed by atoms with Crippen molar-refractivity contribution in [3.8, 4) is 0 Å². The van der Waals surface area contributed by atoms with E-state index in [1.54, 1.807) is 24.3 Å². The maximum absolute atomic E-state index is 12.0. The molecule has 12 heteroatoms. The molecule has 1 aromatic carbocycles. The third-order valence-corrected chi connectivity index (χ3v) is 3.86. The molecule has 3 rings (SSSR count). The van der Waals surface area contributed by atoms with Crippen molar-refractivity contribution >= 4 is 33.4 Å². The minimum Gasteiger partial charge on any atom is -0.359 e. The van der Waals surface area contributed by atoms with Crippen LogP contribution in [0.15, 0.2) is 51.7 Å². The first-order chi connectivity index (χ1) is 12.9. The summed E-state index contributed by atoms with van der Waals surface area (Å²) in [6.07, 6.45) is 2.32. The van der Waals surface area contributed by atoms with E-state index in [1.165, 1.54) is 16.9 Å². The minimum absolute atomic E-state index is 0.0549. The zero-order valence-corrected chi connectivity index (χ0v) is 15.0. The summed E-state index contributed by atoms with van der Waals surface area (Å²) in [7, 11) is 0. The smallest absolute Gasteiger partial charge is 0.307 e. The number of rotatable bonds is 5. The number of halogens is 1. The van der Waals surface area contributed by atoms with Crippen LogP contribution in [0, 0.1) is 10.1 Å². The summed E-state index contributed by atoms with van der Waals surface area (Å²) in [5, 5.41) is 18.0. The first-order valence-corrected chi connectivity index (χ1v) is 8.20. The van der Waals surface area contributed by atoms with Gasteiger partial charge in [0, 0.05) is 16.1 Å². The van der Waals surface area contributed by atoms with Crippen LogP contribution in [-0.4, -0.2) is 31.7 Å². The number of hydrogen-bond acceptors (Lipinski definition) is 7. The molecule has 0 fully saturated rings. The second-order valence-corrected chi connectivity index (χ2v) is 6.16. The van der Waals surface area contributed by atoms with Crippen LogP contribution in [0.2, 0.25) is 0 Å². The van der Waals surface area contributed by atoms with Gasteiger partial charge in [0.2, 0.25) is 0 Å². The lowest BCUT2D eigenvalue weighted by Crippen LogP contribution is -2.41. The fourth-order valence-corrected chi connectivity index (χ4v) is 2.30. The van der Waals surface area contributed by atoms with Gasteiger partial charge in [-0.05, 0) is 24.3 Å². The van der Waals surface area contributed by atoms with Gasteiger partial charge in [-0.25, -0.2) is 0 Å². The average Bonchev–Trinajstić information content (AvgIpc) is 3.30. The van der Waals surface area contributed by atoms with Gasteiger partial charge in [0.25, 0.3) is 11.8 Å². The van der Waals surface area contributed by atoms with Crippen molar-refractivity contribution in [2.75, 3.05) is 0 Å². The summed E-state index contributed by atoms with van der Waals surface area (Å²) in [4.78, 5) is 34.0. The van der Waals surface area contributed by atoms with Gasteiger partial charge in [0.05, 0.1) is 4.92 Å². The molecule has 2 amide bonds. The van der Waals surface area contributed by atoms with E-state index >= 15 is 0 Å². The van der Waals surface area contributed by atoms with Crippen LogP contribution in [0.4, 0.5) is 5.69 Å². The molecule has 2 aromatic heterocycles. The Hall–Kier alpha value is -3.54. The number of nitro groups is 1. The van der Waals surface area contributed by atoms with E-state index in [4.69, 9.17) is 4.52 Å². The highest BCUT2D eigenvalue weighted by Gasteiger charge is 2.16. The Kier molecular flexibility index (Phi) is 5.26. The summed E-state index contributed by atoms with van der Waals surface area (Å²) >= 11 is 3.26. The lowest BCUT2D eigenvalue weighted by atomic mass is 10.2. The Balaban J connectivity index is 1.57. The molecule has 0 saturated heterocycles. The number of hydrogen-bond donors (Lipinski definition) is 2. The highest BCUT2D eigenvalue weighted by atomic mass is 79.9. The summed E-state index contributed by atoms with van der Waals surface area (Å²) in [5.74, 6) is -0.914. The van der Waals surface area contributed by atoms with Crippen LogP contribution in [0.5, 0.6) is 0 Å². The van der Waals surface area contributed by atoms with Gasteiger partial charge in [0.15, 0.2) is 11.5 Å². The van der Waals surface area contributed by atoms with Gasteiger partial charge in [-0.15, -0.1) is 0 Å². The molecule has 0 bridgehead atoms. The Bertz CT molecular complexity index is 996. The SMILES string of the molecule is O=C(NNC(=O)c1cc(Cn2cc([N+](=O)[O-])cn2)on1)c1ccc(Br)cc1. The van der Waals surface area contributed by atoms with Crippen molar-refractivity contribution in [3.05, 3.63) is 74.3 Å². The van der Waals surface area contributed by atoms with Gasteiger partial charge in [-0.2, -0.15) is 5.10 Å². The Labute approximate surface area is 159 Å². The van der Waals surface area contributed by atoms with E-state index in [0.29, 0.717) is 5.56 Å². The van der Waals surface area contributed by atoms with Gasteiger partial charge in [0.1, 0.15) is 18.9 Å². The molecule has 0 atom stereocenters. The van der Waals surface area contributed by atoms with Crippen molar-refractivity contribution < 1.29 is 19.0 Å². The predicted molar refractivity (Wildman–Crippen MR) is 93.6 cm³/mol. The monoisotopic (exact) mass is 434 g/mol. The van der Waals surface area contributed by atoms with E-state index in [0.717, 1.165) is 10.7 Å². The highest BCUT2D eigenvalue weighted by molar-refractivity contribution is 9.10. The third-order valence-electron chi connectivity index (χ3n) is 3.34. The molecule has 2 N–H and O–H groups in total. The quantitative estimate of drug-likeness (QED) is 0.458. The lowest BCUT2D eigenvalue weighted by molar-refractivity contribution is -0.385. The van der Waals surface area contributed by atoms with E-state index < -0.39 is 16.7 Å². The van der Waals surface area contributed by atoms with Crippen LogP contribution in [-0.2, 0) is 6.54 Å². The molecule has 138 valence electrons. The van der Waals surface area contributed by atoms with Crippen molar-refractivity contribution in [3.63, 3.8) is 0 Å². The fraction of sp³-hybridized carbons (Fsp3) is 0.0667. The summed E-state index contributed by atoms with van der Waals surface area (Å²) in [5.41, 5.74) is 4.62. The Morgan fingerprint density at radius 3 is 2.59 bits per heavy atom. The molecular weight excluding hydrogens is 424 g/mol. The van der Waals surface area contributed by atoms with Crippen LogP contribution < -0.4 is 10.9 Å². The lowest BCUT2D eigenvalue weighted by Gasteiger charge is -2.05. The molecule has 27 heavy (non-hydrogen) atoms. The zero-order chi connectivity index (χ0) is 19.4. The standard InChI is InChI=1S/C15H11BrN6O5/c16-10-3-1-9(2-4-10)14(23)18-19-15(24)13-5-12(27-20-13)8-21-7-11(6-17-21)22(25)26/h1-7H,8H2,(H,18,23)(H,19,24). The molecular formula is C15H11BrN6O5. The van der Waals surface area contributed by atoms with Crippen molar-refractivity contribution in [2.24, 2.45) is 0 Å². The van der Waals surface area contributed by atoms with Crippen molar-refractivity contribution in [1.29, 1.82) is 0 Å². The molecule has 0 unspecified atom stereocenters. The molecule has 0 aliphatic heterocycles. The molecule has 0 spiro atoms. The van der Waals surface area contributed by atoms with Gasteiger partial charge in [-0.1, -0.05) is 21.1 Å². The topological polar surface area (TPSA) is 145 Å². The number of amides is 2. The number of carbonyl (C=O) groups excluding carboxylic acids is 2. The Morgan fingerprint density at radius 2 is 1.93 bits per heavy atom. The first-order valence-electron chi connectivity index (χ1n) is 7.41. The molecule has 0 saturated carbocycles. The first kappa shape index (κ1) is 18.3. The van der Waals surface area contributed by atoms with Crippen LogP contribution in [0.3, 0.4) is 0 Å². The number of benzene rings is 1. The Morgan fingerprint density at radius 1 is 1.22 bits per heavy atom. The van der Waals surface area contributed by atoms with E-state index in [-0.39, 0.29) is 23.7 Å². The zero-order valence-electron chi connectivity index (χ0n) is 13.5. The highest BCUT2D eigenvalue weighted by Crippen LogP contribution is 2.12. The number of carbonyl (C=O) groups is 2. The summed E-state index contributed by atoms with van der Waals surface area (Å²) < 4.78 is 7.10. The van der Waals surface area contributed by atoms with Crippen LogP contribution in [0.1, 0.15) is 26.6 Å². The number of hydrazine groups is 1. The van der Waals surface area contributed by atoms with Crippen LogP contribution >= 0.6 is 15.9 Å². The van der Waals surface area contributed by atoms with E-state index in [1.807, 2.05) is 0 Å². The second kappa shape index (κ2) is 7.78. The molecule has 0 aliphatic carbocycles. The molecule has 0 radical (unpaired) electrons. The van der Waals surface area contributed by atoms with E-state index in [9.17, 15) is 19.7 Å². The number of aromatic nitrogens is 3. The second-order valence-electron chi connectivity index (χ2n) is 5.25. The summed E-state index contributed by atoms with van der Waals surface area (Å²) in [6.45, 7) is 0.0549. The van der Waals surface area contributed by atoms with Crippen LogP contribution in [0.25, 0.3) is 0 Å². The maximum atomic E-state index is 12.0. The van der Waals surface area contributed by atoms with E-state index in [2.05, 4.69) is 37.0 Å². The number of nitrogens with one attached hydrogen (secondary N) is 2. The minimum atomic E-state index is -0.679. The van der Waals surface area contributed by atoms with Gasteiger partial charge in [-0.3, -0.25) is 35.2 Å². The summed E-state index contributed by atoms with van der Waals surface area (Å²) in [6, 6.07) is 7.90. The largest absolute Gasteiger partial charge is 0.359 e. The van der Waals surface area contributed by atoms with Gasteiger partial charge < -0.3 is 4.52 Å². The molecule has 0 aliphatic rings. The van der Waals surface area contributed by atoms with Crippen molar-refractivity contribution in [1.82, 2.24) is 25.8 Å². The number of nitrogens with zero attached hydrogens (tertiary/aromatic N) is 4. The third kappa shape index (κ3) is 4.55. The van der Waals surface area contributed by atoms with Gasteiger partial charge >= 0.3 is 5.69 Å². The average molecular weight is 435 g/mol. The predicted octanol–water partition coefficient (Wildman–Crippen LogP) is 1.66. The molecule has 11 nitrogen and oxygen atoms in total. The maximum Gasteiger partial charge on any atom is 0.307 e. The van der Waals surface area contributed by atoms with Crippen molar-refractivity contribution in [2.45, 2.75) is 6.54 Å². The fourth-order valence-electron chi connectivity index (χ4n) is 2.04. The molecule has 2 heterocycles. The normalized spacial score (nSPS) is 10.4. The molecule has 3 aromatic rings.